The fourth-order valence-electron chi connectivity index (χ4n) is 2.83. The molecule has 0 radical (unpaired) electrons. The number of thioether (sulfide) groups is 2. The van der Waals surface area contributed by atoms with Crippen molar-refractivity contribution in [2.45, 2.75) is 15.8 Å². The molecule has 2 aromatic carbocycles. The summed E-state index contributed by atoms with van der Waals surface area (Å²) in [5.74, 6) is 1.04. The van der Waals surface area contributed by atoms with E-state index in [0.29, 0.717) is 16.7 Å². The van der Waals surface area contributed by atoms with Crippen LogP contribution < -0.4 is 0 Å². The summed E-state index contributed by atoms with van der Waals surface area (Å²) in [6.45, 7) is 0. The van der Waals surface area contributed by atoms with Crippen molar-refractivity contribution in [3.63, 3.8) is 0 Å². The van der Waals surface area contributed by atoms with Gasteiger partial charge in [-0.1, -0.05) is 29.4 Å². The molecule has 0 unspecified atom stereocenters. The highest BCUT2D eigenvalue weighted by Crippen LogP contribution is 2.30. The lowest BCUT2D eigenvalue weighted by molar-refractivity contribution is 0.628. The predicted octanol–water partition coefficient (Wildman–Crippen LogP) is 5.84. The number of nitrogens with zero attached hydrogens (tertiary/aromatic N) is 4. The molecular formula is C20H16ClFN4S2. The molecule has 8 heteroatoms. The molecule has 4 aromatic rings. The second-order valence-electron chi connectivity index (χ2n) is 6.16. The monoisotopic (exact) mass is 430 g/mol. The third kappa shape index (κ3) is 3.87. The third-order valence-corrected chi connectivity index (χ3v) is 6.47. The van der Waals surface area contributed by atoms with Crippen LogP contribution in [-0.4, -0.2) is 26.0 Å². The molecule has 0 N–H and O–H groups in total. The van der Waals surface area contributed by atoms with Crippen molar-refractivity contribution >= 4 is 46.0 Å². The van der Waals surface area contributed by atoms with E-state index in [0.717, 1.165) is 32.1 Å². The van der Waals surface area contributed by atoms with Gasteiger partial charge in [-0.15, -0.1) is 22.0 Å². The molecule has 0 saturated carbocycles. The van der Waals surface area contributed by atoms with Gasteiger partial charge in [0.05, 0.1) is 5.52 Å². The molecule has 0 saturated heterocycles. The normalized spacial score (nSPS) is 11.3. The minimum atomic E-state index is -0.274. The lowest BCUT2D eigenvalue weighted by Crippen LogP contribution is -1.96. The van der Waals surface area contributed by atoms with Crippen molar-refractivity contribution in [3.8, 4) is 11.4 Å². The number of benzene rings is 2. The van der Waals surface area contributed by atoms with Gasteiger partial charge in [0, 0.05) is 34.2 Å². The number of aromatic nitrogens is 4. The third-order valence-electron chi connectivity index (χ3n) is 4.35. The lowest BCUT2D eigenvalue weighted by atomic mass is 10.2. The highest BCUT2D eigenvalue weighted by atomic mass is 35.5. The highest BCUT2D eigenvalue weighted by Gasteiger charge is 2.13. The van der Waals surface area contributed by atoms with Crippen LogP contribution in [0.15, 0.2) is 58.6 Å². The van der Waals surface area contributed by atoms with Crippen LogP contribution in [0.2, 0.25) is 5.15 Å². The maximum atomic E-state index is 13.1. The maximum Gasteiger partial charge on any atom is 0.191 e. The van der Waals surface area contributed by atoms with Crippen LogP contribution in [0.4, 0.5) is 4.39 Å². The quantitative estimate of drug-likeness (QED) is 0.294. The molecule has 0 bridgehead atoms. The minimum Gasteiger partial charge on any atom is -0.305 e. The summed E-state index contributed by atoms with van der Waals surface area (Å²) in [4.78, 5) is 5.70. The van der Waals surface area contributed by atoms with E-state index in [1.165, 1.54) is 23.9 Å². The molecule has 0 spiro atoms. The molecule has 0 aliphatic rings. The summed E-state index contributed by atoms with van der Waals surface area (Å²) in [5, 5.41) is 10.8. The van der Waals surface area contributed by atoms with Crippen molar-refractivity contribution in [3.05, 3.63) is 65.1 Å². The zero-order valence-electron chi connectivity index (χ0n) is 15.2. The van der Waals surface area contributed by atoms with E-state index in [1.807, 2.05) is 23.9 Å². The zero-order chi connectivity index (χ0) is 19.7. The summed E-state index contributed by atoms with van der Waals surface area (Å²) in [5.41, 5.74) is 2.66. The van der Waals surface area contributed by atoms with Gasteiger partial charge >= 0.3 is 0 Å². The van der Waals surface area contributed by atoms with Crippen molar-refractivity contribution in [1.29, 1.82) is 0 Å². The second-order valence-corrected chi connectivity index (χ2v) is 8.34. The van der Waals surface area contributed by atoms with Crippen LogP contribution in [0.5, 0.6) is 0 Å². The van der Waals surface area contributed by atoms with Crippen molar-refractivity contribution < 1.29 is 4.39 Å². The van der Waals surface area contributed by atoms with Gasteiger partial charge in [-0.05, 0) is 48.7 Å². The average Bonchev–Trinajstić information content (AvgIpc) is 3.07. The van der Waals surface area contributed by atoms with Gasteiger partial charge in [0.2, 0.25) is 0 Å². The van der Waals surface area contributed by atoms with Gasteiger partial charge in [0.25, 0.3) is 0 Å². The number of fused-ring (bicyclic) bond motifs is 1. The van der Waals surface area contributed by atoms with Gasteiger partial charge in [-0.3, -0.25) is 0 Å². The minimum absolute atomic E-state index is 0.274. The summed E-state index contributed by atoms with van der Waals surface area (Å²) in [6, 6.07) is 14.5. The number of rotatable bonds is 5. The van der Waals surface area contributed by atoms with Crippen molar-refractivity contribution in [2.75, 3.05) is 6.26 Å². The number of hydrogen-bond donors (Lipinski definition) is 0. The van der Waals surface area contributed by atoms with Crippen molar-refractivity contribution in [2.24, 2.45) is 7.05 Å². The van der Waals surface area contributed by atoms with Crippen LogP contribution in [0, 0.1) is 5.82 Å². The fraction of sp³-hybridized carbons (Fsp3) is 0.150. The Kier molecular flexibility index (Phi) is 5.57. The van der Waals surface area contributed by atoms with E-state index in [2.05, 4.69) is 33.4 Å². The Morgan fingerprint density at radius 1 is 1.07 bits per heavy atom. The number of halogens is 2. The SMILES string of the molecule is CSc1ccc2cc(CSc3nnc(-c4ccc(F)cc4)n3C)c(Cl)nc2c1. The summed E-state index contributed by atoms with van der Waals surface area (Å²) in [7, 11) is 1.89. The van der Waals surface area contributed by atoms with Gasteiger partial charge in [0.15, 0.2) is 11.0 Å². The Morgan fingerprint density at radius 2 is 1.86 bits per heavy atom. The van der Waals surface area contributed by atoms with Crippen LogP contribution >= 0.6 is 35.1 Å². The van der Waals surface area contributed by atoms with Gasteiger partial charge in [-0.2, -0.15) is 0 Å². The summed E-state index contributed by atoms with van der Waals surface area (Å²) in [6.07, 6.45) is 2.04. The van der Waals surface area contributed by atoms with Crippen LogP contribution in [0.25, 0.3) is 22.3 Å². The largest absolute Gasteiger partial charge is 0.305 e. The Hall–Kier alpha value is -2.09. The first-order chi connectivity index (χ1) is 13.5. The molecule has 2 aromatic heterocycles. The molecule has 142 valence electrons. The van der Waals surface area contributed by atoms with Crippen molar-refractivity contribution in [1.82, 2.24) is 19.7 Å². The fourth-order valence-corrected chi connectivity index (χ4v) is 4.44. The molecule has 4 rings (SSSR count). The van der Waals surface area contributed by atoms with Gasteiger partial charge in [-0.25, -0.2) is 9.37 Å². The smallest absolute Gasteiger partial charge is 0.191 e. The van der Waals surface area contributed by atoms with Gasteiger partial charge < -0.3 is 4.57 Å². The molecule has 2 heterocycles. The molecule has 0 fully saturated rings. The van der Waals surface area contributed by atoms with E-state index in [1.54, 1.807) is 23.9 Å². The maximum absolute atomic E-state index is 13.1. The molecule has 0 atom stereocenters. The molecule has 0 aliphatic carbocycles. The Labute approximate surface area is 175 Å². The Balaban J connectivity index is 1.56. The highest BCUT2D eigenvalue weighted by molar-refractivity contribution is 7.98. The summed E-state index contributed by atoms with van der Waals surface area (Å²) < 4.78 is 15.0. The molecule has 0 amide bonds. The molecule has 0 aliphatic heterocycles. The van der Waals surface area contributed by atoms with E-state index in [4.69, 9.17) is 11.6 Å². The van der Waals surface area contributed by atoms with Crippen LogP contribution in [-0.2, 0) is 12.8 Å². The predicted molar refractivity (Wildman–Crippen MR) is 114 cm³/mol. The van der Waals surface area contributed by atoms with Crippen LogP contribution in [0.1, 0.15) is 5.56 Å². The second kappa shape index (κ2) is 8.11. The van der Waals surface area contributed by atoms with E-state index in [9.17, 15) is 4.39 Å². The van der Waals surface area contributed by atoms with E-state index < -0.39 is 0 Å². The lowest BCUT2D eigenvalue weighted by Gasteiger charge is -2.07. The van der Waals surface area contributed by atoms with E-state index >= 15 is 0 Å². The van der Waals surface area contributed by atoms with Gasteiger partial charge in [0.1, 0.15) is 11.0 Å². The Bertz CT molecular complexity index is 1150. The van der Waals surface area contributed by atoms with E-state index in [-0.39, 0.29) is 5.82 Å². The number of pyridine rings is 1. The van der Waals surface area contributed by atoms with Crippen LogP contribution in [0.3, 0.4) is 0 Å². The standard InChI is InChI=1S/C20H16ClFN4S2/c1-26-19(12-3-6-15(22)7-4-12)24-25-20(26)28-11-14-9-13-5-8-16(27-2)10-17(13)23-18(14)21/h3-10H,11H2,1-2H3. The first-order valence-electron chi connectivity index (χ1n) is 8.46. The first kappa shape index (κ1) is 19.2. The summed E-state index contributed by atoms with van der Waals surface area (Å²) >= 11 is 9.63. The number of hydrogen-bond acceptors (Lipinski definition) is 5. The Morgan fingerprint density at radius 3 is 2.61 bits per heavy atom. The first-order valence-corrected chi connectivity index (χ1v) is 11.1. The molecular weight excluding hydrogens is 415 g/mol. The average molecular weight is 431 g/mol. The molecule has 4 nitrogen and oxygen atoms in total. The topological polar surface area (TPSA) is 43.6 Å². The molecule has 28 heavy (non-hydrogen) atoms. The zero-order valence-corrected chi connectivity index (χ0v) is 17.6.